The van der Waals surface area contributed by atoms with Crippen LogP contribution in [0.5, 0.6) is 0 Å². The second kappa shape index (κ2) is 6.22. The van der Waals surface area contributed by atoms with Gasteiger partial charge in [-0.2, -0.15) is 0 Å². The van der Waals surface area contributed by atoms with E-state index in [0.29, 0.717) is 0 Å². The fourth-order valence-electron chi connectivity index (χ4n) is 1.27. The van der Waals surface area contributed by atoms with Crippen LogP contribution in [-0.2, 0) is 14.4 Å². The third kappa shape index (κ3) is 8.24. The number of carbonyl (C=O) groups excluding carboxylic acids is 2. The average Bonchev–Trinajstić information content (AvgIpc) is 2.08. The molecule has 98 valence electrons. The number of aliphatic carboxylic acids is 1. The molecule has 17 heavy (non-hydrogen) atoms. The topological polar surface area (TPSA) is 109 Å². The molecule has 0 fully saturated rings. The van der Waals surface area contributed by atoms with E-state index in [0.717, 1.165) is 0 Å². The van der Waals surface area contributed by atoms with E-state index in [2.05, 4.69) is 5.32 Å². The molecular weight excluding hydrogens is 224 g/mol. The van der Waals surface area contributed by atoms with Crippen LogP contribution in [0.15, 0.2) is 0 Å². The predicted octanol–water partition coefficient (Wildman–Crippen LogP) is 0.258. The molecule has 0 rings (SSSR count). The Kier molecular flexibility index (Phi) is 5.64. The van der Waals surface area contributed by atoms with Gasteiger partial charge in [-0.15, -0.1) is 0 Å². The zero-order valence-electron chi connectivity index (χ0n) is 10.4. The maximum atomic E-state index is 11.5. The summed E-state index contributed by atoms with van der Waals surface area (Å²) in [5.41, 5.74) is 4.72. The highest BCUT2D eigenvalue weighted by atomic mass is 16.4. The Morgan fingerprint density at radius 3 is 2.18 bits per heavy atom. The molecule has 0 aromatic rings. The normalized spacial score (nSPS) is 12.9. The van der Waals surface area contributed by atoms with Crippen LogP contribution in [0.4, 0.5) is 0 Å². The van der Waals surface area contributed by atoms with E-state index in [1.165, 1.54) is 0 Å². The van der Waals surface area contributed by atoms with Gasteiger partial charge >= 0.3 is 5.97 Å². The molecule has 4 N–H and O–H groups in total. The molecule has 0 aliphatic heterocycles. The van der Waals surface area contributed by atoms with Crippen molar-refractivity contribution in [3.8, 4) is 0 Å². The quantitative estimate of drug-likeness (QED) is 0.622. The number of nitrogens with one attached hydrogen (secondary N) is 1. The van der Waals surface area contributed by atoms with E-state index in [-0.39, 0.29) is 30.6 Å². The molecule has 0 aromatic heterocycles. The molecule has 0 heterocycles. The lowest BCUT2D eigenvalue weighted by atomic mass is 9.92. The zero-order valence-corrected chi connectivity index (χ0v) is 10.4. The van der Waals surface area contributed by atoms with E-state index in [1.54, 1.807) is 0 Å². The Labute approximate surface area is 101 Å². The fourth-order valence-corrected chi connectivity index (χ4v) is 1.27. The summed E-state index contributed by atoms with van der Waals surface area (Å²) in [6.07, 6.45) is 0.181. The molecule has 6 nitrogen and oxygen atoms in total. The molecule has 0 radical (unpaired) electrons. The van der Waals surface area contributed by atoms with Gasteiger partial charge in [0, 0.05) is 12.8 Å². The highest BCUT2D eigenvalue weighted by Crippen LogP contribution is 2.18. The lowest BCUT2D eigenvalue weighted by Gasteiger charge is -2.20. The van der Waals surface area contributed by atoms with E-state index in [9.17, 15) is 14.4 Å². The standard InChI is InChI=1S/C11H20N2O4/c1-11(2,3)6-9(15)13-7(10(16)17)4-5-8(12)14/h7H,4-6H2,1-3H3,(H2,12,14)(H,13,15)(H,16,17). The van der Waals surface area contributed by atoms with Crippen molar-refractivity contribution in [2.75, 3.05) is 0 Å². The van der Waals surface area contributed by atoms with Crippen molar-refractivity contribution in [2.45, 2.75) is 46.1 Å². The number of rotatable bonds is 6. The molecule has 0 saturated carbocycles. The summed E-state index contributed by atoms with van der Waals surface area (Å²) < 4.78 is 0. The predicted molar refractivity (Wildman–Crippen MR) is 62.1 cm³/mol. The summed E-state index contributed by atoms with van der Waals surface area (Å²) in [4.78, 5) is 32.9. The average molecular weight is 244 g/mol. The second-order valence-electron chi connectivity index (χ2n) is 5.20. The minimum atomic E-state index is -1.16. The number of carboxylic acid groups (broad SMARTS) is 1. The van der Waals surface area contributed by atoms with Crippen LogP contribution in [0.25, 0.3) is 0 Å². The first-order valence-corrected chi connectivity index (χ1v) is 5.42. The van der Waals surface area contributed by atoms with Gasteiger partial charge in [0.1, 0.15) is 6.04 Å². The van der Waals surface area contributed by atoms with Crippen LogP contribution < -0.4 is 11.1 Å². The van der Waals surface area contributed by atoms with Crippen molar-refractivity contribution in [2.24, 2.45) is 11.1 Å². The summed E-state index contributed by atoms with van der Waals surface area (Å²) >= 11 is 0. The highest BCUT2D eigenvalue weighted by Gasteiger charge is 2.23. The first-order chi connectivity index (χ1) is 7.61. The summed E-state index contributed by atoms with van der Waals surface area (Å²) in [5.74, 6) is -2.08. The van der Waals surface area contributed by atoms with Gasteiger partial charge in [-0.05, 0) is 11.8 Å². The molecule has 2 amide bonds. The number of hydrogen-bond donors (Lipinski definition) is 3. The van der Waals surface area contributed by atoms with Gasteiger partial charge in [-0.1, -0.05) is 20.8 Å². The van der Waals surface area contributed by atoms with E-state index in [1.807, 2.05) is 20.8 Å². The Morgan fingerprint density at radius 1 is 1.29 bits per heavy atom. The molecule has 0 aromatic carbocycles. The number of carbonyl (C=O) groups is 3. The van der Waals surface area contributed by atoms with Gasteiger partial charge in [-0.3, -0.25) is 9.59 Å². The van der Waals surface area contributed by atoms with Gasteiger partial charge < -0.3 is 16.2 Å². The Morgan fingerprint density at radius 2 is 1.82 bits per heavy atom. The van der Waals surface area contributed by atoms with Crippen molar-refractivity contribution in [3.05, 3.63) is 0 Å². The minimum Gasteiger partial charge on any atom is -0.480 e. The molecule has 6 heteroatoms. The lowest BCUT2D eigenvalue weighted by Crippen LogP contribution is -2.42. The summed E-state index contributed by atoms with van der Waals surface area (Å²) in [7, 11) is 0. The van der Waals surface area contributed by atoms with E-state index >= 15 is 0 Å². The van der Waals surface area contributed by atoms with Gasteiger partial charge in [0.15, 0.2) is 0 Å². The van der Waals surface area contributed by atoms with Crippen LogP contribution >= 0.6 is 0 Å². The van der Waals surface area contributed by atoms with Crippen molar-refractivity contribution in [1.29, 1.82) is 0 Å². The van der Waals surface area contributed by atoms with Crippen LogP contribution in [0.3, 0.4) is 0 Å². The van der Waals surface area contributed by atoms with Crippen LogP contribution in [0, 0.1) is 5.41 Å². The van der Waals surface area contributed by atoms with Crippen molar-refractivity contribution in [3.63, 3.8) is 0 Å². The Bertz CT molecular complexity index is 307. The first-order valence-electron chi connectivity index (χ1n) is 5.42. The number of amides is 2. The number of primary amides is 1. The maximum absolute atomic E-state index is 11.5. The molecule has 1 atom stereocenters. The third-order valence-corrected chi connectivity index (χ3v) is 2.00. The van der Waals surface area contributed by atoms with Gasteiger partial charge in [-0.25, -0.2) is 4.79 Å². The van der Waals surface area contributed by atoms with Gasteiger partial charge in [0.25, 0.3) is 0 Å². The largest absolute Gasteiger partial charge is 0.480 e. The third-order valence-electron chi connectivity index (χ3n) is 2.00. The Hall–Kier alpha value is -1.59. The lowest BCUT2D eigenvalue weighted by molar-refractivity contribution is -0.142. The summed E-state index contributed by atoms with van der Waals surface area (Å²) in [6.45, 7) is 5.64. The molecular formula is C11H20N2O4. The molecule has 0 aliphatic rings. The smallest absolute Gasteiger partial charge is 0.326 e. The summed E-state index contributed by atoms with van der Waals surface area (Å²) in [5, 5.41) is 11.2. The number of carboxylic acids is 1. The fraction of sp³-hybridized carbons (Fsp3) is 0.727. The van der Waals surface area contributed by atoms with Gasteiger partial charge in [0.05, 0.1) is 0 Å². The van der Waals surface area contributed by atoms with Crippen LogP contribution in [0.1, 0.15) is 40.0 Å². The van der Waals surface area contributed by atoms with Crippen molar-refractivity contribution < 1.29 is 19.5 Å². The number of hydrogen-bond acceptors (Lipinski definition) is 3. The second-order valence-corrected chi connectivity index (χ2v) is 5.20. The monoisotopic (exact) mass is 244 g/mol. The summed E-state index contributed by atoms with van der Waals surface area (Å²) in [6, 6.07) is -1.06. The zero-order chi connectivity index (χ0) is 13.6. The molecule has 1 unspecified atom stereocenters. The molecule has 0 aliphatic carbocycles. The SMILES string of the molecule is CC(C)(C)CC(=O)NC(CCC(N)=O)C(=O)O. The molecule has 0 bridgehead atoms. The van der Waals surface area contributed by atoms with E-state index in [4.69, 9.17) is 10.8 Å². The van der Waals surface area contributed by atoms with E-state index < -0.39 is 17.9 Å². The van der Waals surface area contributed by atoms with Crippen molar-refractivity contribution >= 4 is 17.8 Å². The van der Waals surface area contributed by atoms with Crippen molar-refractivity contribution in [1.82, 2.24) is 5.32 Å². The first kappa shape index (κ1) is 15.4. The number of nitrogens with two attached hydrogens (primary N) is 1. The van der Waals surface area contributed by atoms with Crippen LogP contribution in [0.2, 0.25) is 0 Å². The maximum Gasteiger partial charge on any atom is 0.326 e. The Balaban J connectivity index is 4.30. The highest BCUT2D eigenvalue weighted by molar-refractivity contribution is 5.84. The molecule has 0 saturated heterocycles. The molecule has 0 spiro atoms. The minimum absolute atomic E-state index is 0.0144. The van der Waals surface area contributed by atoms with Crippen LogP contribution in [-0.4, -0.2) is 28.9 Å². The van der Waals surface area contributed by atoms with Gasteiger partial charge in [0.2, 0.25) is 11.8 Å².